The van der Waals surface area contributed by atoms with Crippen molar-refractivity contribution in [1.29, 1.82) is 0 Å². The molecule has 0 spiro atoms. The van der Waals surface area contributed by atoms with E-state index in [-0.39, 0.29) is 4.90 Å². The van der Waals surface area contributed by atoms with E-state index in [4.69, 9.17) is 5.14 Å². The summed E-state index contributed by atoms with van der Waals surface area (Å²) in [7, 11) is -3.75. The van der Waals surface area contributed by atoms with Crippen LogP contribution in [0, 0.1) is 0 Å². The Morgan fingerprint density at radius 2 is 1.92 bits per heavy atom. The first-order valence-electron chi connectivity index (χ1n) is 7.88. The van der Waals surface area contributed by atoms with E-state index in [0.29, 0.717) is 0 Å². The number of sulfonamides is 1. The van der Waals surface area contributed by atoms with Gasteiger partial charge in [0.05, 0.1) is 4.90 Å². The fourth-order valence-electron chi connectivity index (χ4n) is 3.24. The molecule has 6 nitrogen and oxygen atoms in total. The van der Waals surface area contributed by atoms with E-state index in [0.717, 1.165) is 53.9 Å². The molecule has 1 aliphatic rings. The van der Waals surface area contributed by atoms with Crippen molar-refractivity contribution >= 4 is 26.7 Å². The Bertz CT molecular complexity index is 971. The molecule has 0 atom stereocenters. The highest BCUT2D eigenvalue weighted by Crippen LogP contribution is 2.35. The fourth-order valence-corrected chi connectivity index (χ4v) is 3.78. The lowest BCUT2D eigenvalue weighted by Crippen LogP contribution is -2.19. The number of anilines is 1. The molecular formula is C17H18N4O2S. The summed E-state index contributed by atoms with van der Waals surface area (Å²) >= 11 is 0. The Balaban J connectivity index is 1.92. The largest absolute Gasteiger partial charge is 0.371 e. The van der Waals surface area contributed by atoms with E-state index in [1.54, 1.807) is 18.3 Å². The van der Waals surface area contributed by atoms with E-state index in [1.807, 2.05) is 24.3 Å². The molecule has 0 radical (unpaired) electrons. The third-order valence-corrected chi connectivity index (χ3v) is 5.34. The van der Waals surface area contributed by atoms with Gasteiger partial charge in [-0.2, -0.15) is 0 Å². The maximum Gasteiger partial charge on any atom is 0.238 e. The third kappa shape index (κ3) is 2.65. The van der Waals surface area contributed by atoms with Gasteiger partial charge >= 0.3 is 0 Å². The molecule has 3 N–H and O–H groups in total. The van der Waals surface area contributed by atoms with Crippen LogP contribution in [0.25, 0.3) is 22.3 Å². The smallest absolute Gasteiger partial charge is 0.238 e. The maximum absolute atomic E-state index is 11.8. The lowest BCUT2D eigenvalue weighted by molar-refractivity contribution is 0.598. The van der Waals surface area contributed by atoms with Crippen LogP contribution >= 0.6 is 0 Å². The number of nitrogens with two attached hydrogens (primary N) is 1. The van der Waals surface area contributed by atoms with Crippen molar-refractivity contribution in [2.45, 2.75) is 17.7 Å². The highest BCUT2D eigenvalue weighted by molar-refractivity contribution is 7.89. The van der Waals surface area contributed by atoms with Crippen molar-refractivity contribution < 1.29 is 8.42 Å². The molecular weight excluding hydrogens is 324 g/mol. The van der Waals surface area contributed by atoms with E-state index in [9.17, 15) is 8.42 Å². The van der Waals surface area contributed by atoms with Crippen LogP contribution in [0.1, 0.15) is 12.8 Å². The molecule has 0 unspecified atom stereocenters. The molecule has 1 aliphatic heterocycles. The van der Waals surface area contributed by atoms with Gasteiger partial charge in [-0.25, -0.2) is 18.5 Å². The summed E-state index contributed by atoms with van der Waals surface area (Å²) in [6.07, 6.45) is 4.01. The zero-order chi connectivity index (χ0) is 16.7. The number of primary sulfonamides is 1. The summed E-state index contributed by atoms with van der Waals surface area (Å²) in [5.41, 5.74) is 3.48. The highest BCUT2D eigenvalue weighted by Gasteiger charge is 2.20. The number of hydrogen-bond donors (Lipinski definition) is 2. The zero-order valence-corrected chi connectivity index (χ0v) is 13.9. The van der Waals surface area contributed by atoms with Crippen LogP contribution < -0.4 is 10.0 Å². The van der Waals surface area contributed by atoms with Crippen molar-refractivity contribution in [3.8, 4) is 11.3 Å². The maximum atomic E-state index is 11.8. The van der Waals surface area contributed by atoms with Gasteiger partial charge < -0.3 is 9.88 Å². The summed E-state index contributed by atoms with van der Waals surface area (Å²) in [6, 6.07) is 10.9. The van der Waals surface area contributed by atoms with Crippen LogP contribution in [0.2, 0.25) is 0 Å². The number of aromatic nitrogens is 2. The number of aromatic amines is 1. The van der Waals surface area contributed by atoms with Gasteiger partial charge in [0.2, 0.25) is 10.0 Å². The Kier molecular flexibility index (Phi) is 3.54. The number of benzene rings is 1. The van der Waals surface area contributed by atoms with Gasteiger partial charge in [-0.05, 0) is 49.2 Å². The second kappa shape index (κ2) is 5.61. The summed E-state index contributed by atoms with van der Waals surface area (Å²) < 4.78 is 23.5. The van der Waals surface area contributed by atoms with Crippen LogP contribution in [0.4, 0.5) is 5.69 Å². The van der Waals surface area contributed by atoms with Crippen LogP contribution in [-0.4, -0.2) is 31.5 Å². The number of fused-ring (bicyclic) bond motifs is 1. The first kappa shape index (κ1) is 15.2. The minimum atomic E-state index is -3.75. The Labute approximate surface area is 140 Å². The third-order valence-electron chi connectivity index (χ3n) is 4.43. The molecule has 0 amide bonds. The van der Waals surface area contributed by atoms with Crippen molar-refractivity contribution in [3.63, 3.8) is 0 Å². The zero-order valence-electron chi connectivity index (χ0n) is 13.1. The van der Waals surface area contributed by atoms with Gasteiger partial charge in [0.15, 0.2) is 0 Å². The molecule has 124 valence electrons. The standard InChI is InChI=1S/C17H18N4O2S/c18-24(22,23)13-5-6-16(21-8-1-2-9-21)14(11-13)15-10-12-4-3-7-19-17(12)20-15/h3-7,10-11H,1-2,8-9H2,(H,19,20)(H2,18,22,23). The van der Waals surface area contributed by atoms with Crippen LogP contribution in [0.5, 0.6) is 0 Å². The van der Waals surface area contributed by atoms with Crippen molar-refractivity contribution in [2.24, 2.45) is 5.14 Å². The van der Waals surface area contributed by atoms with E-state index >= 15 is 0 Å². The number of nitrogens with zero attached hydrogens (tertiary/aromatic N) is 2. The minimum Gasteiger partial charge on any atom is -0.371 e. The number of H-pyrrole nitrogens is 1. The summed E-state index contributed by atoms with van der Waals surface area (Å²) in [5.74, 6) is 0. The topological polar surface area (TPSA) is 92.1 Å². The second-order valence-corrected chi connectivity index (χ2v) is 7.60. The van der Waals surface area contributed by atoms with Gasteiger partial charge in [0.25, 0.3) is 0 Å². The molecule has 1 fully saturated rings. The van der Waals surface area contributed by atoms with Crippen LogP contribution in [-0.2, 0) is 10.0 Å². The first-order valence-corrected chi connectivity index (χ1v) is 9.43. The molecule has 0 saturated carbocycles. The number of rotatable bonds is 3. The van der Waals surface area contributed by atoms with E-state index < -0.39 is 10.0 Å². The Hall–Kier alpha value is -2.38. The minimum absolute atomic E-state index is 0.118. The summed E-state index contributed by atoms with van der Waals surface area (Å²) in [5, 5.41) is 6.31. The molecule has 4 rings (SSSR count). The summed E-state index contributed by atoms with van der Waals surface area (Å²) in [6.45, 7) is 1.94. The number of nitrogens with one attached hydrogen (secondary N) is 1. The molecule has 3 aromatic rings. The predicted molar refractivity (Wildman–Crippen MR) is 94.3 cm³/mol. The van der Waals surface area contributed by atoms with Gasteiger partial charge in [0.1, 0.15) is 5.65 Å². The monoisotopic (exact) mass is 342 g/mol. The predicted octanol–water partition coefficient (Wildman–Crippen LogP) is 2.48. The molecule has 1 aromatic carbocycles. The highest BCUT2D eigenvalue weighted by atomic mass is 32.2. The summed E-state index contributed by atoms with van der Waals surface area (Å²) in [4.78, 5) is 9.99. The van der Waals surface area contributed by atoms with Crippen LogP contribution in [0.3, 0.4) is 0 Å². The molecule has 1 saturated heterocycles. The lowest BCUT2D eigenvalue weighted by Gasteiger charge is -2.21. The van der Waals surface area contributed by atoms with Crippen LogP contribution in [0.15, 0.2) is 47.5 Å². The van der Waals surface area contributed by atoms with Crippen molar-refractivity contribution in [1.82, 2.24) is 9.97 Å². The van der Waals surface area contributed by atoms with Gasteiger partial charge in [-0.15, -0.1) is 0 Å². The normalized spacial score (nSPS) is 15.3. The fraction of sp³-hybridized carbons (Fsp3) is 0.235. The van der Waals surface area contributed by atoms with Gasteiger partial charge in [-0.3, -0.25) is 0 Å². The molecule has 0 aliphatic carbocycles. The molecule has 2 aromatic heterocycles. The average Bonchev–Trinajstić information content (AvgIpc) is 3.22. The quantitative estimate of drug-likeness (QED) is 0.765. The first-order chi connectivity index (χ1) is 11.5. The molecule has 3 heterocycles. The van der Waals surface area contributed by atoms with Gasteiger partial charge in [0, 0.05) is 41.6 Å². The average molecular weight is 342 g/mol. The number of hydrogen-bond acceptors (Lipinski definition) is 4. The Morgan fingerprint density at radius 1 is 1.12 bits per heavy atom. The van der Waals surface area contributed by atoms with Crippen molar-refractivity contribution in [3.05, 3.63) is 42.6 Å². The van der Waals surface area contributed by atoms with E-state index in [1.165, 1.54) is 0 Å². The van der Waals surface area contributed by atoms with Gasteiger partial charge in [-0.1, -0.05) is 0 Å². The SMILES string of the molecule is NS(=O)(=O)c1ccc(N2CCCC2)c(-c2cc3cccnc3[nH]2)c1. The number of pyridine rings is 1. The van der Waals surface area contributed by atoms with Crippen molar-refractivity contribution in [2.75, 3.05) is 18.0 Å². The molecule has 0 bridgehead atoms. The second-order valence-electron chi connectivity index (χ2n) is 6.04. The lowest BCUT2D eigenvalue weighted by atomic mass is 10.1. The van der Waals surface area contributed by atoms with E-state index in [2.05, 4.69) is 14.9 Å². The molecule has 24 heavy (non-hydrogen) atoms. The Morgan fingerprint density at radius 3 is 2.62 bits per heavy atom. The molecule has 7 heteroatoms.